The molecule has 0 aromatic rings. The maximum Gasteiger partial charge on any atom is 0.317 e. The van der Waals surface area contributed by atoms with Crippen LogP contribution in [0.25, 0.3) is 0 Å². The summed E-state index contributed by atoms with van der Waals surface area (Å²) in [5, 5.41) is 3.61. The second-order valence-electron chi connectivity index (χ2n) is 2.71. The van der Waals surface area contributed by atoms with E-state index in [1.807, 2.05) is 13.8 Å². The number of nitrogens with one attached hydrogen (secondary N) is 1. The van der Waals surface area contributed by atoms with Crippen LogP contribution in [-0.4, -0.2) is 35.9 Å². The Kier molecular flexibility index (Phi) is 5.28. The van der Waals surface area contributed by atoms with E-state index in [0.717, 1.165) is 11.9 Å². The fourth-order valence-corrected chi connectivity index (χ4v) is 1.12. The maximum absolute atomic E-state index is 11.1. The highest BCUT2D eigenvalue weighted by molar-refractivity contribution is 9.09. The summed E-state index contributed by atoms with van der Waals surface area (Å²) in [4.78, 5) is 12.8. The summed E-state index contributed by atoms with van der Waals surface area (Å²) in [6, 6.07) is 0.194. The highest BCUT2D eigenvalue weighted by Gasteiger charge is 2.07. The van der Waals surface area contributed by atoms with Crippen LogP contribution in [0.5, 0.6) is 0 Å². The summed E-state index contributed by atoms with van der Waals surface area (Å²) in [6.07, 6.45) is 0. The first-order chi connectivity index (χ1) is 5.07. The zero-order valence-electron chi connectivity index (χ0n) is 7.22. The minimum atomic E-state index is -0.0144. The van der Waals surface area contributed by atoms with E-state index in [1.165, 1.54) is 0 Å². The lowest BCUT2D eigenvalue weighted by Gasteiger charge is -2.18. The van der Waals surface area contributed by atoms with Gasteiger partial charge in [-0.1, -0.05) is 15.9 Å². The number of hydrogen-bond acceptors (Lipinski definition) is 1. The zero-order valence-corrected chi connectivity index (χ0v) is 8.81. The van der Waals surface area contributed by atoms with Crippen molar-refractivity contribution in [2.75, 3.05) is 18.9 Å². The molecule has 0 spiro atoms. The SMILES string of the molecule is CC(C)NC(=O)N(C)CCBr. The Morgan fingerprint density at radius 2 is 2.18 bits per heavy atom. The average molecular weight is 223 g/mol. The van der Waals surface area contributed by atoms with Crippen molar-refractivity contribution in [3.63, 3.8) is 0 Å². The van der Waals surface area contributed by atoms with Gasteiger partial charge in [0.15, 0.2) is 0 Å². The van der Waals surface area contributed by atoms with E-state index in [0.29, 0.717) is 0 Å². The van der Waals surface area contributed by atoms with Gasteiger partial charge in [-0.15, -0.1) is 0 Å². The van der Waals surface area contributed by atoms with Crippen LogP contribution in [-0.2, 0) is 0 Å². The van der Waals surface area contributed by atoms with Crippen molar-refractivity contribution in [1.82, 2.24) is 10.2 Å². The van der Waals surface area contributed by atoms with Crippen molar-refractivity contribution < 1.29 is 4.79 Å². The molecule has 11 heavy (non-hydrogen) atoms. The van der Waals surface area contributed by atoms with Gasteiger partial charge in [0.25, 0.3) is 0 Å². The van der Waals surface area contributed by atoms with E-state index in [1.54, 1.807) is 11.9 Å². The lowest BCUT2D eigenvalue weighted by Crippen LogP contribution is -2.41. The van der Waals surface area contributed by atoms with E-state index in [-0.39, 0.29) is 12.1 Å². The molecule has 0 saturated carbocycles. The van der Waals surface area contributed by atoms with Gasteiger partial charge >= 0.3 is 6.03 Å². The molecule has 0 aliphatic carbocycles. The van der Waals surface area contributed by atoms with Crippen molar-refractivity contribution in [2.45, 2.75) is 19.9 Å². The molecule has 0 radical (unpaired) electrons. The lowest BCUT2D eigenvalue weighted by molar-refractivity contribution is 0.209. The van der Waals surface area contributed by atoms with Gasteiger partial charge in [-0.2, -0.15) is 0 Å². The molecule has 3 nitrogen and oxygen atoms in total. The third-order valence-electron chi connectivity index (χ3n) is 1.18. The van der Waals surface area contributed by atoms with Crippen LogP contribution in [0.2, 0.25) is 0 Å². The molecular formula is C7H15BrN2O. The van der Waals surface area contributed by atoms with Crippen LogP contribution >= 0.6 is 15.9 Å². The molecule has 66 valence electrons. The number of hydrogen-bond donors (Lipinski definition) is 1. The molecule has 0 bridgehead atoms. The summed E-state index contributed by atoms with van der Waals surface area (Å²) in [5.41, 5.74) is 0. The van der Waals surface area contributed by atoms with Gasteiger partial charge in [0.1, 0.15) is 0 Å². The van der Waals surface area contributed by atoms with Gasteiger partial charge in [0, 0.05) is 25.0 Å². The standard InChI is InChI=1S/C7H15BrN2O/c1-6(2)9-7(11)10(3)5-4-8/h6H,4-5H2,1-3H3,(H,9,11). The van der Waals surface area contributed by atoms with Crippen molar-refractivity contribution in [3.8, 4) is 0 Å². The van der Waals surface area contributed by atoms with Gasteiger partial charge in [0.05, 0.1) is 0 Å². The van der Waals surface area contributed by atoms with E-state index in [2.05, 4.69) is 21.2 Å². The Bertz CT molecular complexity index is 128. The maximum atomic E-state index is 11.1. The number of carbonyl (C=O) groups excluding carboxylic acids is 1. The second kappa shape index (κ2) is 5.41. The summed E-state index contributed by atoms with van der Waals surface area (Å²) in [5.74, 6) is 0. The molecule has 0 saturated heterocycles. The van der Waals surface area contributed by atoms with E-state index in [9.17, 15) is 4.79 Å². The predicted molar refractivity (Wildman–Crippen MR) is 50.1 cm³/mol. The summed E-state index contributed by atoms with van der Waals surface area (Å²) in [6.45, 7) is 4.62. The van der Waals surface area contributed by atoms with Crippen LogP contribution in [0.15, 0.2) is 0 Å². The quantitative estimate of drug-likeness (QED) is 0.721. The minimum absolute atomic E-state index is 0.0144. The molecule has 2 amide bonds. The van der Waals surface area contributed by atoms with E-state index >= 15 is 0 Å². The van der Waals surface area contributed by atoms with Gasteiger partial charge in [-0.25, -0.2) is 4.79 Å². The van der Waals surface area contributed by atoms with Gasteiger partial charge in [0.2, 0.25) is 0 Å². The first kappa shape index (κ1) is 10.8. The zero-order chi connectivity index (χ0) is 8.85. The molecular weight excluding hydrogens is 208 g/mol. The Hall–Kier alpha value is -0.250. The minimum Gasteiger partial charge on any atom is -0.336 e. The normalized spacial score (nSPS) is 9.91. The van der Waals surface area contributed by atoms with Crippen LogP contribution < -0.4 is 5.32 Å². The first-order valence-electron chi connectivity index (χ1n) is 3.65. The summed E-state index contributed by atoms with van der Waals surface area (Å²) >= 11 is 3.26. The number of carbonyl (C=O) groups is 1. The monoisotopic (exact) mass is 222 g/mol. The third-order valence-corrected chi connectivity index (χ3v) is 1.53. The van der Waals surface area contributed by atoms with Crippen LogP contribution in [0.3, 0.4) is 0 Å². The third kappa shape index (κ3) is 5.07. The number of nitrogens with zero attached hydrogens (tertiary/aromatic N) is 1. The molecule has 1 N–H and O–H groups in total. The highest BCUT2D eigenvalue weighted by atomic mass is 79.9. The molecule has 4 heteroatoms. The van der Waals surface area contributed by atoms with Gasteiger partial charge < -0.3 is 10.2 Å². The predicted octanol–water partition coefficient (Wildman–Crippen LogP) is 1.43. The molecule has 0 rings (SSSR count). The molecule has 0 fully saturated rings. The molecule has 0 aliphatic rings. The van der Waals surface area contributed by atoms with Crippen molar-refractivity contribution >= 4 is 22.0 Å². The molecule has 0 aromatic carbocycles. The number of amides is 2. The number of alkyl halides is 1. The molecule has 0 aromatic heterocycles. The Morgan fingerprint density at radius 1 is 1.64 bits per heavy atom. The van der Waals surface area contributed by atoms with Crippen molar-refractivity contribution in [1.29, 1.82) is 0 Å². The van der Waals surface area contributed by atoms with E-state index in [4.69, 9.17) is 0 Å². The fraction of sp³-hybridized carbons (Fsp3) is 0.857. The van der Waals surface area contributed by atoms with E-state index < -0.39 is 0 Å². The Balaban J connectivity index is 3.64. The molecule has 0 atom stereocenters. The first-order valence-corrected chi connectivity index (χ1v) is 4.77. The fourth-order valence-electron chi connectivity index (χ4n) is 0.585. The topological polar surface area (TPSA) is 32.3 Å². The largest absolute Gasteiger partial charge is 0.336 e. The highest BCUT2D eigenvalue weighted by Crippen LogP contribution is 1.89. The number of halogens is 1. The van der Waals surface area contributed by atoms with Crippen LogP contribution in [0.1, 0.15) is 13.8 Å². The van der Waals surface area contributed by atoms with Gasteiger partial charge in [-0.3, -0.25) is 0 Å². The molecule has 0 unspecified atom stereocenters. The average Bonchev–Trinajstić information content (AvgIpc) is 1.86. The smallest absolute Gasteiger partial charge is 0.317 e. The van der Waals surface area contributed by atoms with Crippen LogP contribution in [0.4, 0.5) is 4.79 Å². The van der Waals surface area contributed by atoms with Crippen molar-refractivity contribution in [2.24, 2.45) is 0 Å². The Morgan fingerprint density at radius 3 is 2.55 bits per heavy atom. The Labute approximate surface area is 76.3 Å². The molecule has 0 aliphatic heterocycles. The molecule has 0 heterocycles. The number of rotatable bonds is 3. The summed E-state index contributed by atoms with van der Waals surface area (Å²) in [7, 11) is 1.78. The van der Waals surface area contributed by atoms with Crippen LogP contribution in [0, 0.1) is 0 Å². The second-order valence-corrected chi connectivity index (χ2v) is 3.51. The van der Waals surface area contributed by atoms with Crippen molar-refractivity contribution in [3.05, 3.63) is 0 Å². The van der Waals surface area contributed by atoms with Gasteiger partial charge in [-0.05, 0) is 13.8 Å². The number of urea groups is 1. The summed E-state index contributed by atoms with van der Waals surface area (Å²) < 4.78 is 0. The lowest BCUT2D eigenvalue weighted by atomic mass is 10.4.